The van der Waals surface area contributed by atoms with Gasteiger partial charge >= 0.3 is 0 Å². The van der Waals surface area contributed by atoms with Gasteiger partial charge in [0.15, 0.2) is 6.61 Å². The molecule has 0 saturated heterocycles. The summed E-state index contributed by atoms with van der Waals surface area (Å²) >= 11 is 6.07. The smallest absolute Gasteiger partial charge is 0.265 e. The van der Waals surface area contributed by atoms with Gasteiger partial charge in [-0.2, -0.15) is 0 Å². The Morgan fingerprint density at radius 2 is 1.84 bits per heavy atom. The molecule has 1 aliphatic rings. The Balaban J connectivity index is 1.40. The summed E-state index contributed by atoms with van der Waals surface area (Å²) < 4.78 is 33.4. The van der Waals surface area contributed by atoms with Crippen LogP contribution in [0.4, 0.5) is 11.4 Å². The predicted molar refractivity (Wildman–Crippen MR) is 126 cm³/mol. The number of ether oxygens (including phenoxy) is 1. The average Bonchev–Trinajstić information content (AvgIpc) is 3.10. The number of sulfonamides is 1. The van der Waals surface area contributed by atoms with E-state index in [0.29, 0.717) is 16.5 Å². The van der Waals surface area contributed by atoms with Crippen LogP contribution < -0.4 is 14.4 Å². The molecule has 6 nitrogen and oxygen atoms in total. The summed E-state index contributed by atoms with van der Waals surface area (Å²) in [6.07, 6.45) is 0.813. The van der Waals surface area contributed by atoms with Gasteiger partial charge in [0.05, 0.1) is 10.6 Å². The van der Waals surface area contributed by atoms with Gasteiger partial charge in [0.25, 0.3) is 15.9 Å². The van der Waals surface area contributed by atoms with E-state index < -0.39 is 10.0 Å². The molecule has 0 aliphatic carbocycles. The van der Waals surface area contributed by atoms with Gasteiger partial charge in [-0.25, -0.2) is 8.42 Å². The Morgan fingerprint density at radius 3 is 2.56 bits per heavy atom. The summed E-state index contributed by atoms with van der Waals surface area (Å²) in [5, 5.41) is 0.480. The molecule has 1 atom stereocenters. The number of anilines is 2. The van der Waals surface area contributed by atoms with Gasteiger partial charge in [0, 0.05) is 16.8 Å². The Morgan fingerprint density at radius 1 is 1.12 bits per heavy atom. The number of carbonyl (C=O) groups excluding carboxylic acids is 1. The highest BCUT2D eigenvalue weighted by molar-refractivity contribution is 7.92. The second-order valence-electron chi connectivity index (χ2n) is 7.78. The van der Waals surface area contributed by atoms with Crippen molar-refractivity contribution in [2.75, 3.05) is 16.2 Å². The second-order valence-corrected chi connectivity index (χ2v) is 9.86. The fourth-order valence-corrected chi connectivity index (χ4v) is 4.98. The molecule has 0 spiro atoms. The van der Waals surface area contributed by atoms with Crippen molar-refractivity contribution in [3.63, 3.8) is 0 Å². The highest BCUT2D eigenvalue weighted by atomic mass is 35.5. The average molecular weight is 471 g/mol. The maximum atomic E-state index is 12.8. The molecule has 0 fully saturated rings. The minimum absolute atomic E-state index is 0.0670. The second kappa shape index (κ2) is 8.84. The minimum Gasteiger partial charge on any atom is -0.484 e. The largest absolute Gasteiger partial charge is 0.484 e. The van der Waals surface area contributed by atoms with Crippen LogP contribution in [0.1, 0.15) is 18.1 Å². The Kier molecular flexibility index (Phi) is 6.13. The number of nitrogens with zero attached hydrogens (tertiary/aromatic N) is 1. The van der Waals surface area contributed by atoms with Crippen molar-refractivity contribution >= 4 is 38.9 Å². The Hall–Kier alpha value is -3.03. The van der Waals surface area contributed by atoms with Crippen LogP contribution in [0.15, 0.2) is 71.6 Å². The fourth-order valence-electron chi connectivity index (χ4n) is 3.75. The van der Waals surface area contributed by atoms with Gasteiger partial charge in [-0.3, -0.25) is 9.52 Å². The topological polar surface area (TPSA) is 75.7 Å². The Bertz CT molecular complexity index is 1260. The van der Waals surface area contributed by atoms with Gasteiger partial charge < -0.3 is 9.64 Å². The monoisotopic (exact) mass is 470 g/mol. The third-order valence-electron chi connectivity index (χ3n) is 5.40. The molecule has 8 heteroatoms. The third-order valence-corrected chi connectivity index (χ3v) is 7.20. The van der Waals surface area contributed by atoms with Crippen molar-refractivity contribution in [1.82, 2.24) is 0 Å². The summed E-state index contributed by atoms with van der Waals surface area (Å²) in [4.78, 5) is 14.6. The SMILES string of the molecule is Cc1ccc(NS(=O)(=O)c2ccc(OCC(=O)N3c4ccccc4CC3C)cc2)cc1Cl. The number of para-hydroxylation sites is 1. The van der Waals surface area contributed by atoms with E-state index in [1.807, 2.05) is 38.1 Å². The predicted octanol–water partition coefficient (Wildman–Crippen LogP) is 4.81. The zero-order chi connectivity index (χ0) is 22.9. The van der Waals surface area contributed by atoms with Crippen molar-refractivity contribution in [1.29, 1.82) is 0 Å². The van der Waals surface area contributed by atoms with Crippen LogP contribution in [0.25, 0.3) is 0 Å². The van der Waals surface area contributed by atoms with E-state index in [-0.39, 0.29) is 23.5 Å². The number of hydrogen-bond donors (Lipinski definition) is 1. The van der Waals surface area contributed by atoms with Crippen molar-refractivity contribution in [3.05, 3.63) is 82.9 Å². The third kappa shape index (κ3) is 4.59. The number of halogens is 1. The molecule has 166 valence electrons. The number of hydrogen-bond acceptors (Lipinski definition) is 4. The van der Waals surface area contributed by atoms with Gasteiger partial charge in [0.1, 0.15) is 5.75 Å². The van der Waals surface area contributed by atoms with Crippen LogP contribution >= 0.6 is 11.6 Å². The van der Waals surface area contributed by atoms with E-state index in [1.165, 1.54) is 24.3 Å². The summed E-state index contributed by atoms with van der Waals surface area (Å²) in [5.74, 6) is 0.271. The van der Waals surface area contributed by atoms with Crippen LogP contribution in [0, 0.1) is 6.92 Å². The van der Waals surface area contributed by atoms with Gasteiger partial charge in [-0.05, 0) is 73.9 Å². The first-order chi connectivity index (χ1) is 15.2. The molecule has 4 rings (SSSR count). The molecule has 0 aromatic heterocycles. The number of aryl methyl sites for hydroxylation is 1. The molecular weight excluding hydrogens is 448 g/mol. The molecule has 1 amide bonds. The summed E-state index contributed by atoms with van der Waals surface area (Å²) in [6.45, 7) is 3.71. The lowest BCUT2D eigenvalue weighted by Gasteiger charge is -2.22. The first-order valence-corrected chi connectivity index (χ1v) is 12.0. The zero-order valence-corrected chi connectivity index (χ0v) is 19.3. The number of nitrogens with one attached hydrogen (secondary N) is 1. The maximum Gasteiger partial charge on any atom is 0.265 e. The molecule has 32 heavy (non-hydrogen) atoms. The lowest BCUT2D eigenvalue weighted by Crippen LogP contribution is -2.39. The molecule has 1 heterocycles. The number of rotatable bonds is 6. The van der Waals surface area contributed by atoms with Crippen molar-refractivity contribution in [3.8, 4) is 5.75 Å². The molecular formula is C24H23ClN2O4S. The van der Waals surface area contributed by atoms with Crippen molar-refractivity contribution in [2.45, 2.75) is 31.2 Å². The van der Waals surface area contributed by atoms with Crippen LogP contribution in [0.2, 0.25) is 5.02 Å². The fraction of sp³-hybridized carbons (Fsp3) is 0.208. The molecule has 0 bridgehead atoms. The molecule has 0 radical (unpaired) electrons. The lowest BCUT2D eigenvalue weighted by atomic mass is 10.1. The highest BCUT2D eigenvalue weighted by Gasteiger charge is 2.30. The summed E-state index contributed by atoms with van der Waals surface area (Å²) in [6, 6.07) is 18.8. The molecule has 1 aliphatic heterocycles. The van der Waals surface area contributed by atoms with Crippen LogP contribution in [0.3, 0.4) is 0 Å². The standard InChI is InChI=1S/C24H23ClN2O4S/c1-16-7-8-19(14-22(16)25)26-32(29,30)21-11-9-20(10-12-21)31-15-24(28)27-17(2)13-18-5-3-4-6-23(18)27/h3-12,14,17,26H,13,15H2,1-2H3. The molecule has 3 aromatic rings. The van der Waals surface area contributed by atoms with Crippen LogP contribution in [0.5, 0.6) is 5.75 Å². The van der Waals surface area contributed by atoms with E-state index in [1.54, 1.807) is 23.1 Å². The van der Waals surface area contributed by atoms with Gasteiger partial charge in [-0.15, -0.1) is 0 Å². The first kappa shape index (κ1) is 22.2. The summed E-state index contributed by atoms with van der Waals surface area (Å²) in [5.41, 5.74) is 3.30. The number of amides is 1. The number of benzene rings is 3. The number of carbonyl (C=O) groups is 1. The highest BCUT2D eigenvalue weighted by Crippen LogP contribution is 2.32. The zero-order valence-electron chi connectivity index (χ0n) is 17.7. The minimum atomic E-state index is -3.78. The quantitative estimate of drug-likeness (QED) is 0.561. The van der Waals surface area contributed by atoms with E-state index in [2.05, 4.69) is 4.72 Å². The normalized spacial score (nSPS) is 15.3. The van der Waals surface area contributed by atoms with E-state index in [9.17, 15) is 13.2 Å². The molecule has 1 N–H and O–H groups in total. The van der Waals surface area contributed by atoms with Gasteiger partial charge in [0.2, 0.25) is 0 Å². The van der Waals surface area contributed by atoms with E-state index in [0.717, 1.165) is 23.2 Å². The molecule has 3 aromatic carbocycles. The Labute approximate surface area is 192 Å². The maximum absolute atomic E-state index is 12.8. The lowest BCUT2D eigenvalue weighted by molar-refractivity contribution is -0.120. The molecule has 0 saturated carbocycles. The first-order valence-electron chi connectivity index (χ1n) is 10.2. The van der Waals surface area contributed by atoms with Crippen LogP contribution in [-0.2, 0) is 21.2 Å². The van der Waals surface area contributed by atoms with E-state index in [4.69, 9.17) is 16.3 Å². The summed E-state index contributed by atoms with van der Waals surface area (Å²) in [7, 11) is -3.78. The molecule has 1 unspecified atom stereocenters. The van der Waals surface area contributed by atoms with Gasteiger partial charge in [-0.1, -0.05) is 35.9 Å². The van der Waals surface area contributed by atoms with Crippen LogP contribution in [-0.4, -0.2) is 27.0 Å². The van der Waals surface area contributed by atoms with Crippen molar-refractivity contribution < 1.29 is 17.9 Å². The van der Waals surface area contributed by atoms with Crippen molar-refractivity contribution in [2.24, 2.45) is 0 Å². The number of fused-ring (bicyclic) bond motifs is 1. The van der Waals surface area contributed by atoms with E-state index >= 15 is 0 Å².